The standard InChI is InChI=1S/C12H13ClFN3/c1-15-5-4-9-7-12(17-16-9)10-6-8(13)2-3-11(10)14/h2-3,6-7,15H,4-5H2,1H3,(H,16,17). The van der Waals surface area contributed by atoms with E-state index in [0.29, 0.717) is 16.3 Å². The lowest BCUT2D eigenvalue weighted by molar-refractivity contribution is 0.630. The van der Waals surface area contributed by atoms with Crippen LogP contribution >= 0.6 is 11.6 Å². The second-order valence-corrected chi connectivity index (χ2v) is 4.19. The lowest BCUT2D eigenvalue weighted by Crippen LogP contribution is -2.10. The van der Waals surface area contributed by atoms with Crippen LogP contribution in [0.2, 0.25) is 5.02 Å². The third kappa shape index (κ3) is 2.84. The van der Waals surface area contributed by atoms with Gasteiger partial charge in [0.2, 0.25) is 0 Å². The molecule has 0 radical (unpaired) electrons. The maximum atomic E-state index is 13.6. The number of H-pyrrole nitrogens is 1. The maximum Gasteiger partial charge on any atom is 0.132 e. The molecular formula is C12H13ClFN3. The van der Waals surface area contributed by atoms with E-state index >= 15 is 0 Å². The maximum absolute atomic E-state index is 13.6. The minimum atomic E-state index is -0.318. The van der Waals surface area contributed by atoms with Crippen LogP contribution in [0, 0.1) is 5.82 Å². The van der Waals surface area contributed by atoms with Crippen molar-refractivity contribution < 1.29 is 4.39 Å². The predicted octanol–water partition coefficient (Wildman–Crippen LogP) is 2.63. The average molecular weight is 254 g/mol. The summed E-state index contributed by atoms with van der Waals surface area (Å²) in [4.78, 5) is 0. The second kappa shape index (κ2) is 5.29. The fourth-order valence-electron chi connectivity index (χ4n) is 1.58. The van der Waals surface area contributed by atoms with Crippen LogP contribution in [0.4, 0.5) is 4.39 Å². The molecule has 0 saturated heterocycles. The zero-order chi connectivity index (χ0) is 12.3. The molecule has 0 unspecified atom stereocenters. The molecule has 2 aromatic rings. The third-order valence-corrected chi connectivity index (χ3v) is 2.71. The van der Waals surface area contributed by atoms with Crippen molar-refractivity contribution in [2.75, 3.05) is 13.6 Å². The Balaban J connectivity index is 2.27. The largest absolute Gasteiger partial charge is 0.319 e. The zero-order valence-electron chi connectivity index (χ0n) is 9.43. The van der Waals surface area contributed by atoms with E-state index in [1.165, 1.54) is 12.1 Å². The third-order valence-electron chi connectivity index (χ3n) is 2.48. The van der Waals surface area contributed by atoms with Crippen molar-refractivity contribution in [1.29, 1.82) is 0 Å². The molecule has 0 spiro atoms. The molecule has 3 nitrogen and oxygen atoms in total. The smallest absolute Gasteiger partial charge is 0.132 e. The molecule has 90 valence electrons. The van der Waals surface area contributed by atoms with E-state index < -0.39 is 0 Å². The van der Waals surface area contributed by atoms with Crippen LogP contribution in [-0.4, -0.2) is 23.8 Å². The van der Waals surface area contributed by atoms with E-state index in [9.17, 15) is 4.39 Å². The minimum Gasteiger partial charge on any atom is -0.319 e. The molecule has 0 fully saturated rings. The number of benzene rings is 1. The molecule has 0 atom stereocenters. The van der Waals surface area contributed by atoms with Gasteiger partial charge < -0.3 is 5.32 Å². The van der Waals surface area contributed by atoms with Crippen molar-refractivity contribution in [3.05, 3.63) is 40.8 Å². The van der Waals surface area contributed by atoms with E-state index in [0.717, 1.165) is 18.7 Å². The second-order valence-electron chi connectivity index (χ2n) is 3.76. The van der Waals surface area contributed by atoms with Gasteiger partial charge in [0.1, 0.15) is 5.82 Å². The van der Waals surface area contributed by atoms with Crippen LogP contribution < -0.4 is 5.32 Å². The first-order valence-electron chi connectivity index (χ1n) is 5.35. The van der Waals surface area contributed by atoms with Crippen molar-refractivity contribution in [3.8, 4) is 11.3 Å². The van der Waals surface area contributed by atoms with Gasteiger partial charge in [-0.15, -0.1) is 0 Å². The summed E-state index contributed by atoms with van der Waals surface area (Å²) in [5.41, 5.74) is 1.97. The van der Waals surface area contributed by atoms with Crippen molar-refractivity contribution in [1.82, 2.24) is 15.5 Å². The molecule has 0 aliphatic heterocycles. The first-order valence-corrected chi connectivity index (χ1v) is 5.73. The van der Waals surface area contributed by atoms with Gasteiger partial charge in [0.25, 0.3) is 0 Å². The number of hydrogen-bond acceptors (Lipinski definition) is 2. The van der Waals surface area contributed by atoms with Gasteiger partial charge in [-0.05, 0) is 31.3 Å². The van der Waals surface area contributed by atoms with E-state index in [1.807, 2.05) is 13.1 Å². The number of halogens is 2. The molecule has 5 heteroatoms. The highest BCUT2D eigenvalue weighted by molar-refractivity contribution is 6.30. The molecule has 17 heavy (non-hydrogen) atoms. The fourth-order valence-corrected chi connectivity index (χ4v) is 1.75. The molecule has 0 aliphatic carbocycles. The quantitative estimate of drug-likeness (QED) is 0.880. The molecule has 2 N–H and O–H groups in total. The summed E-state index contributed by atoms with van der Waals surface area (Å²) in [6, 6.07) is 6.29. The highest BCUT2D eigenvalue weighted by Gasteiger charge is 2.09. The van der Waals surface area contributed by atoms with Crippen LogP contribution in [0.25, 0.3) is 11.3 Å². The Bertz CT molecular complexity index is 510. The summed E-state index contributed by atoms with van der Waals surface area (Å²) in [7, 11) is 1.88. The van der Waals surface area contributed by atoms with Crippen molar-refractivity contribution in [2.45, 2.75) is 6.42 Å². The Morgan fingerprint density at radius 2 is 2.24 bits per heavy atom. The zero-order valence-corrected chi connectivity index (χ0v) is 10.2. The number of rotatable bonds is 4. The van der Waals surface area contributed by atoms with Crippen LogP contribution in [0.15, 0.2) is 24.3 Å². The number of aromatic nitrogens is 2. The van der Waals surface area contributed by atoms with Gasteiger partial charge in [-0.25, -0.2) is 4.39 Å². The van der Waals surface area contributed by atoms with Crippen LogP contribution in [0.5, 0.6) is 0 Å². The first-order chi connectivity index (χ1) is 8.20. The Hall–Kier alpha value is -1.39. The van der Waals surface area contributed by atoms with Gasteiger partial charge in [0.15, 0.2) is 0 Å². The normalized spacial score (nSPS) is 10.8. The minimum absolute atomic E-state index is 0.318. The topological polar surface area (TPSA) is 40.7 Å². The molecule has 0 aliphatic rings. The molecule has 1 heterocycles. The summed E-state index contributed by atoms with van der Waals surface area (Å²) in [6.45, 7) is 0.847. The number of aromatic amines is 1. The first kappa shape index (κ1) is 12.1. The van der Waals surface area contributed by atoms with Gasteiger partial charge >= 0.3 is 0 Å². The number of likely N-dealkylation sites (N-methyl/N-ethyl adjacent to an activating group) is 1. The number of nitrogens with zero attached hydrogens (tertiary/aromatic N) is 1. The van der Waals surface area contributed by atoms with Gasteiger partial charge in [-0.2, -0.15) is 5.10 Å². The molecule has 0 amide bonds. The van der Waals surface area contributed by atoms with Crippen molar-refractivity contribution >= 4 is 11.6 Å². The number of nitrogens with one attached hydrogen (secondary N) is 2. The highest BCUT2D eigenvalue weighted by Crippen LogP contribution is 2.24. The Morgan fingerprint density at radius 1 is 1.41 bits per heavy atom. The summed E-state index contributed by atoms with van der Waals surface area (Å²) in [5.74, 6) is -0.318. The van der Waals surface area contributed by atoms with Crippen LogP contribution in [-0.2, 0) is 6.42 Å². The van der Waals surface area contributed by atoms with E-state index in [1.54, 1.807) is 6.07 Å². The lowest BCUT2D eigenvalue weighted by Gasteiger charge is -1.99. The van der Waals surface area contributed by atoms with Crippen molar-refractivity contribution in [3.63, 3.8) is 0 Å². The molecule has 2 rings (SSSR count). The monoisotopic (exact) mass is 253 g/mol. The Labute approximate surface area is 104 Å². The number of hydrogen-bond donors (Lipinski definition) is 2. The van der Waals surface area contributed by atoms with Gasteiger partial charge in [0, 0.05) is 29.2 Å². The van der Waals surface area contributed by atoms with Crippen molar-refractivity contribution in [2.24, 2.45) is 0 Å². The Kier molecular flexibility index (Phi) is 3.76. The van der Waals surface area contributed by atoms with Crippen LogP contribution in [0.1, 0.15) is 5.69 Å². The lowest BCUT2D eigenvalue weighted by atomic mass is 10.1. The van der Waals surface area contributed by atoms with Crippen LogP contribution in [0.3, 0.4) is 0 Å². The average Bonchev–Trinajstić information content (AvgIpc) is 2.78. The SMILES string of the molecule is CNCCc1cc(-c2cc(Cl)ccc2F)n[nH]1. The molecule has 1 aromatic carbocycles. The highest BCUT2D eigenvalue weighted by atomic mass is 35.5. The van der Waals surface area contributed by atoms with Gasteiger partial charge in [-0.1, -0.05) is 11.6 Å². The van der Waals surface area contributed by atoms with E-state index in [4.69, 9.17) is 11.6 Å². The van der Waals surface area contributed by atoms with E-state index in [-0.39, 0.29) is 5.82 Å². The summed E-state index contributed by atoms with van der Waals surface area (Å²) in [5, 5.41) is 10.5. The molecule has 1 aromatic heterocycles. The van der Waals surface area contributed by atoms with Gasteiger partial charge in [-0.3, -0.25) is 5.10 Å². The van der Waals surface area contributed by atoms with Gasteiger partial charge in [0.05, 0.1) is 5.69 Å². The van der Waals surface area contributed by atoms with E-state index in [2.05, 4.69) is 15.5 Å². The molecular weight excluding hydrogens is 241 g/mol. The summed E-state index contributed by atoms with van der Waals surface area (Å²) >= 11 is 5.84. The summed E-state index contributed by atoms with van der Waals surface area (Å²) in [6.07, 6.45) is 0.825. The molecule has 0 bridgehead atoms. The molecule has 0 saturated carbocycles. The fraction of sp³-hybridized carbons (Fsp3) is 0.250. The Morgan fingerprint density at radius 3 is 3.00 bits per heavy atom. The predicted molar refractivity (Wildman–Crippen MR) is 66.6 cm³/mol. The summed E-state index contributed by atoms with van der Waals surface area (Å²) < 4.78 is 13.6.